The zero-order valence-corrected chi connectivity index (χ0v) is 10.8. The summed E-state index contributed by atoms with van der Waals surface area (Å²) in [5, 5.41) is 0. The van der Waals surface area contributed by atoms with E-state index in [0.717, 1.165) is 24.3 Å². The van der Waals surface area contributed by atoms with Crippen LogP contribution in [-0.4, -0.2) is 6.36 Å². The number of ether oxygens (including phenoxy) is 1. The Morgan fingerprint density at radius 2 is 1.59 bits per heavy atom. The fourth-order valence-electron chi connectivity index (χ4n) is 1.85. The second-order valence-electron chi connectivity index (χ2n) is 4.38. The summed E-state index contributed by atoms with van der Waals surface area (Å²) in [6, 6.07) is 3.98. The molecule has 2 aromatic carbocycles. The van der Waals surface area contributed by atoms with E-state index in [1.807, 2.05) is 0 Å². The summed E-state index contributed by atoms with van der Waals surface area (Å²) in [5.41, 5.74) is 5.61. The lowest BCUT2D eigenvalue weighted by atomic mass is 9.99. The van der Waals surface area contributed by atoms with Gasteiger partial charge in [-0.25, -0.2) is 13.2 Å². The van der Waals surface area contributed by atoms with Crippen LogP contribution in [0.25, 0.3) is 0 Å². The SMILES string of the molecule is N[C@H](c1ccc(OC(F)(F)F)c(F)c1)c1ccc(F)cc1F. The second kappa shape index (κ2) is 5.88. The van der Waals surface area contributed by atoms with Gasteiger partial charge >= 0.3 is 6.36 Å². The molecular weight excluding hydrogens is 312 g/mol. The van der Waals surface area contributed by atoms with Gasteiger partial charge in [-0.2, -0.15) is 0 Å². The van der Waals surface area contributed by atoms with Gasteiger partial charge in [0.05, 0.1) is 6.04 Å². The van der Waals surface area contributed by atoms with Gasteiger partial charge in [-0.15, -0.1) is 13.2 Å². The molecule has 2 aromatic rings. The summed E-state index contributed by atoms with van der Waals surface area (Å²) in [6.07, 6.45) is -5.03. The van der Waals surface area contributed by atoms with E-state index in [1.54, 1.807) is 0 Å². The molecule has 0 saturated heterocycles. The molecule has 2 rings (SSSR count). The van der Waals surface area contributed by atoms with E-state index >= 15 is 0 Å². The molecular formula is C14H9F6NO. The maximum Gasteiger partial charge on any atom is 0.573 e. The third-order valence-corrected chi connectivity index (χ3v) is 2.84. The summed E-state index contributed by atoms with van der Waals surface area (Å²) in [4.78, 5) is 0. The number of nitrogens with two attached hydrogens (primary N) is 1. The van der Waals surface area contributed by atoms with Crippen LogP contribution in [0.2, 0.25) is 0 Å². The van der Waals surface area contributed by atoms with E-state index < -0.39 is 35.6 Å². The van der Waals surface area contributed by atoms with Crippen LogP contribution >= 0.6 is 0 Å². The number of benzene rings is 2. The van der Waals surface area contributed by atoms with Crippen molar-refractivity contribution in [3.63, 3.8) is 0 Å². The fraction of sp³-hybridized carbons (Fsp3) is 0.143. The fourth-order valence-corrected chi connectivity index (χ4v) is 1.85. The van der Waals surface area contributed by atoms with Crippen LogP contribution in [0.1, 0.15) is 17.2 Å². The molecule has 0 unspecified atom stereocenters. The Bertz CT molecular complexity index is 686. The molecule has 0 radical (unpaired) electrons. The molecule has 1 atom stereocenters. The summed E-state index contributed by atoms with van der Waals surface area (Å²) in [7, 11) is 0. The van der Waals surface area contributed by atoms with Crippen molar-refractivity contribution in [1.82, 2.24) is 0 Å². The third-order valence-electron chi connectivity index (χ3n) is 2.84. The van der Waals surface area contributed by atoms with E-state index in [2.05, 4.69) is 4.74 Å². The minimum atomic E-state index is -5.03. The molecule has 22 heavy (non-hydrogen) atoms. The lowest BCUT2D eigenvalue weighted by Crippen LogP contribution is -2.18. The van der Waals surface area contributed by atoms with Crippen molar-refractivity contribution in [3.05, 3.63) is 65.0 Å². The monoisotopic (exact) mass is 321 g/mol. The summed E-state index contributed by atoms with van der Waals surface area (Å²) >= 11 is 0. The van der Waals surface area contributed by atoms with Crippen molar-refractivity contribution < 1.29 is 31.1 Å². The zero-order chi connectivity index (χ0) is 16.5. The maximum atomic E-state index is 13.6. The van der Waals surface area contributed by atoms with Crippen molar-refractivity contribution in [2.24, 2.45) is 5.73 Å². The predicted octanol–water partition coefficient (Wildman–Crippen LogP) is 4.05. The normalized spacial score (nSPS) is 13.0. The Morgan fingerprint density at radius 3 is 2.14 bits per heavy atom. The lowest BCUT2D eigenvalue weighted by molar-refractivity contribution is -0.275. The van der Waals surface area contributed by atoms with Gasteiger partial charge < -0.3 is 10.5 Å². The smallest absolute Gasteiger partial charge is 0.403 e. The summed E-state index contributed by atoms with van der Waals surface area (Å²) in [6.45, 7) is 0. The van der Waals surface area contributed by atoms with Gasteiger partial charge in [0, 0.05) is 11.6 Å². The Hall–Kier alpha value is -2.22. The quantitative estimate of drug-likeness (QED) is 0.866. The van der Waals surface area contributed by atoms with Crippen molar-refractivity contribution >= 4 is 0 Å². The molecule has 0 bridgehead atoms. The van der Waals surface area contributed by atoms with Gasteiger partial charge in [-0.1, -0.05) is 12.1 Å². The van der Waals surface area contributed by atoms with Crippen LogP contribution in [-0.2, 0) is 0 Å². The summed E-state index contributed by atoms with van der Waals surface area (Å²) < 4.78 is 79.6. The Labute approximate surface area is 121 Å². The first-order chi connectivity index (χ1) is 10.2. The van der Waals surface area contributed by atoms with Crippen molar-refractivity contribution in [3.8, 4) is 5.75 Å². The number of hydrogen-bond acceptors (Lipinski definition) is 2. The van der Waals surface area contributed by atoms with Crippen molar-refractivity contribution in [2.75, 3.05) is 0 Å². The largest absolute Gasteiger partial charge is 0.573 e. The van der Waals surface area contributed by atoms with Crippen LogP contribution in [0.3, 0.4) is 0 Å². The summed E-state index contributed by atoms with van der Waals surface area (Å²) in [5.74, 6) is -4.08. The van der Waals surface area contributed by atoms with E-state index in [4.69, 9.17) is 5.73 Å². The van der Waals surface area contributed by atoms with Gasteiger partial charge in [0.25, 0.3) is 0 Å². The Morgan fingerprint density at radius 1 is 0.909 bits per heavy atom. The number of halogens is 6. The first-order valence-electron chi connectivity index (χ1n) is 5.93. The lowest BCUT2D eigenvalue weighted by Gasteiger charge is -2.15. The van der Waals surface area contributed by atoms with Gasteiger partial charge in [-0.05, 0) is 23.8 Å². The highest BCUT2D eigenvalue weighted by molar-refractivity contribution is 5.37. The van der Waals surface area contributed by atoms with Gasteiger partial charge in [-0.3, -0.25) is 0 Å². The third kappa shape index (κ3) is 3.70. The van der Waals surface area contributed by atoms with E-state index in [9.17, 15) is 26.3 Å². The first-order valence-corrected chi connectivity index (χ1v) is 5.93. The Balaban J connectivity index is 2.31. The molecule has 8 heteroatoms. The van der Waals surface area contributed by atoms with Crippen molar-refractivity contribution in [2.45, 2.75) is 12.4 Å². The van der Waals surface area contributed by atoms with Crippen LogP contribution < -0.4 is 10.5 Å². The number of alkyl halides is 3. The Kier molecular flexibility index (Phi) is 4.32. The highest BCUT2D eigenvalue weighted by atomic mass is 19.4. The van der Waals surface area contributed by atoms with Crippen LogP contribution in [0.4, 0.5) is 26.3 Å². The van der Waals surface area contributed by atoms with Gasteiger partial charge in [0.15, 0.2) is 11.6 Å². The van der Waals surface area contributed by atoms with Crippen LogP contribution in [0.15, 0.2) is 36.4 Å². The molecule has 0 fully saturated rings. The minimum Gasteiger partial charge on any atom is -0.403 e. The predicted molar refractivity (Wildman–Crippen MR) is 65.5 cm³/mol. The molecule has 0 saturated carbocycles. The van der Waals surface area contributed by atoms with Crippen LogP contribution in [0, 0.1) is 17.5 Å². The number of hydrogen-bond donors (Lipinski definition) is 1. The molecule has 0 aliphatic carbocycles. The molecule has 0 aliphatic heterocycles. The maximum absolute atomic E-state index is 13.6. The molecule has 0 heterocycles. The average molecular weight is 321 g/mol. The van der Waals surface area contributed by atoms with E-state index in [0.29, 0.717) is 12.1 Å². The molecule has 0 aliphatic rings. The van der Waals surface area contributed by atoms with E-state index in [-0.39, 0.29) is 11.1 Å². The molecule has 0 amide bonds. The van der Waals surface area contributed by atoms with Crippen LogP contribution in [0.5, 0.6) is 5.75 Å². The zero-order valence-electron chi connectivity index (χ0n) is 10.8. The standard InChI is InChI=1S/C14H9F6NO/c15-8-2-3-9(10(16)6-8)13(21)7-1-4-12(11(17)5-7)22-14(18,19)20/h1-6,13H,21H2/t13-/m1/s1. The molecule has 118 valence electrons. The molecule has 0 aromatic heterocycles. The van der Waals surface area contributed by atoms with E-state index in [1.165, 1.54) is 0 Å². The average Bonchev–Trinajstić information content (AvgIpc) is 2.39. The first kappa shape index (κ1) is 16.2. The highest BCUT2D eigenvalue weighted by Gasteiger charge is 2.32. The van der Waals surface area contributed by atoms with Crippen molar-refractivity contribution in [1.29, 1.82) is 0 Å². The topological polar surface area (TPSA) is 35.2 Å². The highest BCUT2D eigenvalue weighted by Crippen LogP contribution is 2.29. The molecule has 2 nitrogen and oxygen atoms in total. The van der Waals surface area contributed by atoms with Gasteiger partial charge in [0.1, 0.15) is 11.6 Å². The minimum absolute atomic E-state index is 0.0116. The molecule has 2 N–H and O–H groups in total. The number of rotatable bonds is 3. The molecule has 0 spiro atoms. The second-order valence-corrected chi connectivity index (χ2v) is 4.38. The van der Waals surface area contributed by atoms with Gasteiger partial charge in [0.2, 0.25) is 0 Å².